The molecule has 3 rings (SSSR count). The fraction of sp³-hybridized carbons (Fsp3) is 0.222. The summed E-state index contributed by atoms with van der Waals surface area (Å²) >= 11 is 5.67. The van der Waals surface area contributed by atoms with E-state index in [0.29, 0.717) is 17.1 Å². The first-order valence-corrected chi connectivity index (χ1v) is 8.59. The van der Waals surface area contributed by atoms with E-state index in [4.69, 9.17) is 31.7 Å². The first-order chi connectivity index (χ1) is 13.3. The number of aromatic nitrogens is 3. The number of hydrogen-bond acceptors (Lipinski definition) is 7. The standard InChI is InChI=1S/C18H16ClFN4O4/c1-9-4-12(27-18-14(20)5-10(19)8-22-18)2-3-13(9)17-23-15(28-24-17)6-11(21)7-16(25)26/h2-5,8,11H,6-7,21H2,1H3,(H,25,26)/t11-/m1/s1. The van der Waals surface area contributed by atoms with Gasteiger partial charge in [-0.2, -0.15) is 4.98 Å². The highest BCUT2D eigenvalue weighted by atomic mass is 35.5. The van der Waals surface area contributed by atoms with Crippen LogP contribution < -0.4 is 10.5 Å². The molecule has 0 fully saturated rings. The molecule has 1 aromatic carbocycles. The predicted octanol–water partition coefficient (Wildman–Crippen LogP) is 3.37. The molecular formula is C18H16ClFN4O4. The zero-order valence-electron chi connectivity index (χ0n) is 14.7. The highest BCUT2D eigenvalue weighted by Crippen LogP contribution is 2.29. The number of carboxylic acid groups (broad SMARTS) is 1. The van der Waals surface area contributed by atoms with Gasteiger partial charge in [-0.3, -0.25) is 4.79 Å². The van der Waals surface area contributed by atoms with Crippen molar-refractivity contribution in [3.8, 4) is 23.0 Å². The maximum Gasteiger partial charge on any atom is 0.304 e. The first-order valence-electron chi connectivity index (χ1n) is 8.21. The Bertz CT molecular complexity index is 1010. The van der Waals surface area contributed by atoms with E-state index in [1.807, 2.05) is 0 Å². The molecule has 0 saturated carbocycles. The largest absolute Gasteiger partial charge is 0.481 e. The second kappa shape index (κ2) is 8.32. The lowest BCUT2D eigenvalue weighted by Crippen LogP contribution is -2.26. The number of carboxylic acids is 1. The number of nitrogens with zero attached hydrogens (tertiary/aromatic N) is 3. The van der Waals surface area contributed by atoms with Crippen molar-refractivity contribution in [1.82, 2.24) is 15.1 Å². The Morgan fingerprint density at radius 2 is 2.21 bits per heavy atom. The molecule has 1 atom stereocenters. The molecular weight excluding hydrogens is 391 g/mol. The molecule has 0 radical (unpaired) electrons. The van der Waals surface area contributed by atoms with Crippen LogP contribution in [0, 0.1) is 12.7 Å². The minimum atomic E-state index is -0.995. The maximum atomic E-state index is 13.8. The summed E-state index contributed by atoms with van der Waals surface area (Å²) in [6, 6.07) is 5.48. The number of nitrogens with two attached hydrogens (primary N) is 1. The molecule has 0 unspecified atom stereocenters. The molecule has 0 bridgehead atoms. The van der Waals surface area contributed by atoms with Gasteiger partial charge in [-0.05, 0) is 36.8 Å². The molecule has 8 nitrogen and oxygen atoms in total. The van der Waals surface area contributed by atoms with E-state index in [2.05, 4.69) is 15.1 Å². The van der Waals surface area contributed by atoms with Gasteiger partial charge in [0.1, 0.15) is 5.75 Å². The third-order valence-electron chi connectivity index (χ3n) is 3.77. The fourth-order valence-electron chi connectivity index (χ4n) is 2.51. The summed E-state index contributed by atoms with van der Waals surface area (Å²) in [7, 11) is 0. The summed E-state index contributed by atoms with van der Waals surface area (Å²) in [6.45, 7) is 1.81. The van der Waals surface area contributed by atoms with Gasteiger partial charge in [0.25, 0.3) is 5.88 Å². The van der Waals surface area contributed by atoms with E-state index in [9.17, 15) is 9.18 Å². The fourth-order valence-corrected chi connectivity index (χ4v) is 2.65. The highest BCUT2D eigenvalue weighted by Gasteiger charge is 2.16. The zero-order valence-corrected chi connectivity index (χ0v) is 15.5. The lowest BCUT2D eigenvalue weighted by molar-refractivity contribution is -0.137. The highest BCUT2D eigenvalue weighted by molar-refractivity contribution is 6.30. The van der Waals surface area contributed by atoms with Crippen molar-refractivity contribution in [2.45, 2.75) is 25.8 Å². The average Bonchev–Trinajstić information content (AvgIpc) is 3.04. The molecule has 0 aliphatic heterocycles. The molecule has 3 aromatic rings. The van der Waals surface area contributed by atoms with E-state index in [1.54, 1.807) is 25.1 Å². The van der Waals surface area contributed by atoms with Gasteiger partial charge < -0.3 is 20.1 Å². The van der Waals surface area contributed by atoms with Crippen LogP contribution >= 0.6 is 11.6 Å². The lowest BCUT2D eigenvalue weighted by atomic mass is 10.1. The predicted molar refractivity (Wildman–Crippen MR) is 97.7 cm³/mol. The van der Waals surface area contributed by atoms with Crippen LogP contribution in [0.5, 0.6) is 11.6 Å². The molecule has 0 aliphatic carbocycles. The summed E-state index contributed by atoms with van der Waals surface area (Å²) in [5.74, 6) is -0.902. The van der Waals surface area contributed by atoms with Crippen LogP contribution in [0.1, 0.15) is 17.9 Å². The summed E-state index contributed by atoms with van der Waals surface area (Å²) in [5.41, 5.74) is 7.17. The lowest BCUT2D eigenvalue weighted by Gasteiger charge is -2.08. The number of carbonyl (C=O) groups is 1. The van der Waals surface area contributed by atoms with Crippen LogP contribution in [-0.4, -0.2) is 32.2 Å². The summed E-state index contributed by atoms with van der Waals surface area (Å²) in [4.78, 5) is 18.7. The number of aliphatic carboxylic acids is 1. The third kappa shape index (κ3) is 4.81. The van der Waals surface area contributed by atoms with Crippen molar-refractivity contribution >= 4 is 17.6 Å². The van der Waals surface area contributed by atoms with Crippen LogP contribution in [0.4, 0.5) is 4.39 Å². The van der Waals surface area contributed by atoms with Gasteiger partial charge in [-0.25, -0.2) is 9.37 Å². The van der Waals surface area contributed by atoms with Gasteiger partial charge in [0.05, 0.1) is 11.4 Å². The van der Waals surface area contributed by atoms with Crippen LogP contribution in [-0.2, 0) is 11.2 Å². The SMILES string of the molecule is Cc1cc(Oc2ncc(Cl)cc2F)ccc1-c1noc(C[C@@H](N)CC(=O)O)n1. The minimum absolute atomic E-state index is 0.154. The quantitative estimate of drug-likeness (QED) is 0.611. The Morgan fingerprint density at radius 3 is 2.89 bits per heavy atom. The average molecular weight is 407 g/mol. The van der Waals surface area contributed by atoms with Crippen LogP contribution in [0.15, 0.2) is 35.0 Å². The van der Waals surface area contributed by atoms with Gasteiger partial charge in [-0.1, -0.05) is 16.8 Å². The van der Waals surface area contributed by atoms with E-state index in [0.717, 1.165) is 11.6 Å². The van der Waals surface area contributed by atoms with Crippen LogP contribution in [0.3, 0.4) is 0 Å². The normalized spacial score (nSPS) is 12.0. The van der Waals surface area contributed by atoms with Crippen molar-refractivity contribution in [3.63, 3.8) is 0 Å². The van der Waals surface area contributed by atoms with Crippen molar-refractivity contribution in [2.24, 2.45) is 5.73 Å². The van der Waals surface area contributed by atoms with Gasteiger partial charge in [0.2, 0.25) is 11.7 Å². The van der Waals surface area contributed by atoms with Crippen molar-refractivity contribution in [1.29, 1.82) is 0 Å². The Morgan fingerprint density at radius 1 is 1.43 bits per heavy atom. The van der Waals surface area contributed by atoms with Crippen LogP contribution in [0.25, 0.3) is 11.4 Å². The number of aryl methyl sites for hydroxylation is 1. The molecule has 0 aliphatic rings. The Kier molecular flexibility index (Phi) is 5.86. The Balaban J connectivity index is 1.75. The number of halogens is 2. The number of rotatable bonds is 7. The Hall–Kier alpha value is -3.04. The smallest absolute Gasteiger partial charge is 0.304 e. The van der Waals surface area contributed by atoms with Gasteiger partial charge in [-0.15, -0.1) is 0 Å². The van der Waals surface area contributed by atoms with Crippen molar-refractivity contribution in [2.75, 3.05) is 0 Å². The molecule has 2 aromatic heterocycles. The molecule has 28 heavy (non-hydrogen) atoms. The van der Waals surface area contributed by atoms with Crippen LogP contribution in [0.2, 0.25) is 5.02 Å². The molecule has 146 valence electrons. The zero-order chi connectivity index (χ0) is 20.3. The molecule has 0 spiro atoms. The molecule has 0 amide bonds. The summed E-state index contributed by atoms with van der Waals surface area (Å²) in [6.07, 6.45) is 1.25. The number of hydrogen-bond donors (Lipinski definition) is 2. The number of benzene rings is 1. The topological polar surface area (TPSA) is 124 Å². The van der Waals surface area contributed by atoms with Crippen molar-refractivity contribution in [3.05, 3.63) is 52.8 Å². The third-order valence-corrected chi connectivity index (χ3v) is 3.98. The number of ether oxygens (including phenoxy) is 1. The van der Waals surface area contributed by atoms with Crippen molar-refractivity contribution < 1.29 is 23.6 Å². The van der Waals surface area contributed by atoms with E-state index < -0.39 is 17.8 Å². The maximum absolute atomic E-state index is 13.8. The summed E-state index contributed by atoms with van der Waals surface area (Å²) < 4.78 is 24.4. The Labute approximate surface area is 164 Å². The van der Waals surface area contributed by atoms with E-state index in [1.165, 1.54) is 6.20 Å². The monoisotopic (exact) mass is 406 g/mol. The molecule has 2 heterocycles. The van der Waals surface area contributed by atoms with Gasteiger partial charge in [0, 0.05) is 24.2 Å². The van der Waals surface area contributed by atoms with Gasteiger partial charge in [0.15, 0.2) is 5.82 Å². The second-order valence-corrected chi connectivity index (χ2v) is 6.53. The minimum Gasteiger partial charge on any atom is -0.481 e. The summed E-state index contributed by atoms with van der Waals surface area (Å²) in [5, 5.41) is 12.8. The first kappa shape index (κ1) is 19.7. The molecule has 3 N–H and O–H groups in total. The molecule has 10 heteroatoms. The second-order valence-electron chi connectivity index (χ2n) is 6.09. The molecule has 0 saturated heterocycles. The van der Waals surface area contributed by atoms with E-state index >= 15 is 0 Å². The number of pyridine rings is 1. The van der Waals surface area contributed by atoms with E-state index in [-0.39, 0.29) is 29.6 Å². The van der Waals surface area contributed by atoms with Gasteiger partial charge >= 0.3 is 5.97 Å².